The molecule has 0 aliphatic carbocycles. The number of hydrogen-bond acceptors (Lipinski definition) is 3. The van der Waals surface area contributed by atoms with Crippen LogP contribution in [0.2, 0.25) is 0 Å². The lowest BCUT2D eigenvalue weighted by atomic mass is 10.2. The number of halogens is 1. The standard InChI is InChI=1S/C20H32BrN5O/c1-22-20(25(4)15-16-9-5-6-10-17(16)21)23-12-8-14-26-13-7-11-18(26)19(27)24(2)3/h5-6,9-10,18H,7-8,11-15H2,1-4H3,(H,22,23). The first-order valence-electron chi connectivity index (χ1n) is 9.54. The van der Waals surface area contributed by atoms with Gasteiger partial charge < -0.3 is 15.1 Å². The summed E-state index contributed by atoms with van der Waals surface area (Å²) >= 11 is 3.60. The second kappa shape index (κ2) is 10.7. The van der Waals surface area contributed by atoms with Crippen LogP contribution in [0.1, 0.15) is 24.8 Å². The molecule has 0 aromatic heterocycles. The molecule has 1 fully saturated rings. The van der Waals surface area contributed by atoms with Gasteiger partial charge in [-0.25, -0.2) is 0 Å². The minimum Gasteiger partial charge on any atom is -0.356 e. The van der Waals surface area contributed by atoms with Gasteiger partial charge in [-0.3, -0.25) is 14.7 Å². The fourth-order valence-corrected chi connectivity index (χ4v) is 3.91. The maximum atomic E-state index is 12.3. The summed E-state index contributed by atoms with van der Waals surface area (Å²) in [6.07, 6.45) is 3.06. The zero-order chi connectivity index (χ0) is 19.8. The quantitative estimate of drug-likeness (QED) is 0.404. The molecule has 0 radical (unpaired) electrons. The van der Waals surface area contributed by atoms with Gasteiger partial charge >= 0.3 is 0 Å². The summed E-state index contributed by atoms with van der Waals surface area (Å²) in [5.74, 6) is 1.11. The van der Waals surface area contributed by atoms with E-state index in [0.29, 0.717) is 0 Å². The van der Waals surface area contributed by atoms with Crippen molar-refractivity contribution in [2.24, 2.45) is 4.99 Å². The van der Waals surface area contributed by atoms with Crippen LogP contribution in [0, 0.1) is 0 Å². The molecule has 0 spiro atoms. The predicted molar refractivity (Wildman–Crippen MR) is 115 cm³/mol. The molecule has 1 aliphatic heterocycles. The van der Waals surface area contributed by atoms with Crippen molar-refractivity contribution in [1.82, 2.24) is 20.0 Å². The summed E-state index contributed by atoms with van der Waals surface area (Å²) in [6, 6.07) is 8.29. The number of carbonyl (C=O) groups excluding carboxylic acids is 1. The lowest BCUT2D eigenvalue weighted by Crippen LogP contribution is -2.44. The third kappa shape index (κ3) is 6.21. The van der Waals surface area contributed by atoms with Crippen molar-refractivity contribution in [3.8, 4) is 0 Å². The van der Waals surface area contributed by atoms with E-state index in [0.717, 1.165) is 55.9 Å². The first-order valence-corrected chi connectivity index (χ1v) is 10.3. The number of amides is 1. The largest absolute Gasteiger partial charge is 0.356 e. The molecule has 1 aromatic carbocycles. The molecule has 1 amide bonds. The predicted octanol–water partition coefficient (Wildman–Crippen LogP) is 2.40. The number of rotatable bonds is 7. The van der Waals surface area contributed by atoms with Crippen LogP contribution in [0.15, 0.2) is 33.7 Å². The zero-order valence-corrected chi connectivity index (χ0v) is 18.5. The SMILES string of the molecule is CN=C(NCCCN1CCCC1C(=O)N(C)C)N(C)Cc1ccccc1Br. The Morgan fingerprint density at radius 2 is 2.07 bits per heavy atom. The van der Waals surface area contributed by atoms with E-state index in [1.165, 1.54) is 5.56 Å². The smallest absolute Gasteiger partial charge is 0.239 e. The molecule has 1 aromatic rings. The van der Waals surface area contributed by atoms with E-state index in [2.05, 4.69) is 48.2 Å². The third-order valence-electron chi connectivity index (χ3n) is 4.93. The second-order valence-electron chi connectivity index (χ2n) is 7.20. The Labute approximate surface area is 171 Å². The normalized spacial score (nSPS) is 17.8. The third-order valence-corrected chi connectivity index (χ3v) is 5.71. The average Bonchev–Trinajstić information content (AvgIpc) is 3.11. The first-order chi connectivity index (χ1) is 12.9. The summed E-state index contributed by atoms with van der Waals surface area (Å²) in [6.45, 7) is 3.57. The van der Waals surface area contributed by atoms with E-state index in [4.69, 9.17) is 0 Å². The maximum Gasteiger partial charge on any atom is 0.239 e. The summed E-state index contributed by atoms with van der Waals surface area (Å²) in [7, 11) is 7.53. The van der Waals surface area contributed by atoms with E-state index in [-0.39, 0.29) is 11.9 Å². The van der Waals surface area contributed by atoms with Crippen molar-refractivity contribution in [2.75, 3.05) is 47.8 Å². The van der Waals surface area contributed by atoms with E-state index in [1.807, 2.05) is 40.3 Å². The van der Waals surface area contributed by atoms with Crippen molar-refractivity contribution in [1.29, 1.82) is 0 Å². The van der Waals surface area contributed by atoms with Crippen molar-refractivity contribution < 1.29 is 4.79 Å². The molecule has 1 saturated heterocycles. The van der Waals surface area contributed by atoms with E-state index < -0.39 is 0 Å². The Hall–Kier alpha value is -1.60. The number of aliphatic imine (C=N–C) groups is 1. The van der Waals surface area contributed by atoms with Gasteiger partial charge in [-0.1, -0.05) is 34.1 Å². The van der Waals surface area contributed by atoms with Crippen LogP contribution in [-0.4, -0.2) is 80.4 Å². The highest BCUT2D eigenvalue weighted by Crippen LogP contribution is 2.19. The molecule has 2 rings (SSSR count). The maximum absolute atomic E-state index is 12.3. The van der Waals surface area contributed by atoms with Crippen LogP contribution in [-0.2, 0) is 11.3 Å². The molecule has 0 bridgehead atoms. The minimum absolute atomic E-state index is 0.0532. The minimum atomic E-state index is 0.0532. The number of likely N-dealkylation sites (N-methyl/N-ethyl adjacent to an activating group) is 1. The molecule has 7 heteroatoms. The molecule has 1 aliphatic rings. The molecule has 1 heterocycles. The Morgan fingerprint density at radius 3 is 2.74 bits per heavy atom. The highest BCUT2D eigenvalue weighted by Gasteiger charge is 2.30. The molecule has 0 saturated carbocycles. The Bertz CT molecular complexity index is 649. The number of nitrogens with zero attached hydrogens (tertiary/aromatic N) is 4. The lowest BCUT2D eigenvalue weighted by Gasteiger charge is -2.26. The van der Waals surface area contributed by atoms with Gasteiger partial charge in [0.1, 0.15) is 0 Å². The number of hydrogen-bond donors (Lipinski definition) is 1. The van der Waals surface area contributed by atoms with Crippen molar-refractivity contribution in [3.05, 3.63) is 34.3 Å². The number of carbonyl (C=O) groups is 1. The highest BCUT2D eigenvalue weighted by molar-refractivity contribution is 9.10. The van der Waals surface area contributed by atoms with E-state index in [9.17, 15) is 4.79 Å². The zero-order valence-electron chi connectivity index (χ0n) is 16.9. The molecular weight excluding hydrogens is 406 g/mol. The Kier molecular flexibility index (Phi) is 8.57. The molecule has 1 N–H and O–H groups in total. The van der Waals surface area contributed by atoms with E-state index in [1.54, 1.807) is 4.90 Å². The van der Waals surface area contributed by atoms with Gasteiger partial charge in [0.15, 0.2) is 5.96 Å². The summed E-state index contributed by atoms with van der Waals surface area (Å²) in [5.41, 5.74) is 1.23. The average molecular weight is 438 g/mol. The topological polar surface area (TPSA) is 51.2 Å². The molecular formula is C20H32BrN5O. The van der Waals surface area contributed by atoms with Gasteiger partial charge in [0, 0.05) is 52.3 Å². The van der Waals surface area contributed by atoms with Gasteiger partial charge in [0.2, 0.25) is 5.91 Å². The van der Waals surface area contributed by atoms with E-state index >= 15 is 0 Å². The van der Waals surface area contributed by atoms with Gasteiger partial charge in [0.25, 0.3) is 0 Å². The first kappa shape index (κ1) is 21.7. The fraction of sp³-hybridized carbons (Fsp3) is 0.600. The van der Waals surface area contributed by atoms with Crippen LogP contribution < -0.4 is 5.32 Å². The summed E-state index contributed by atoms with van der Waals surface area (Å²) in [4.78, 5) is 22.8. The Balaban J connectivity index is 1.78. The molecule has 150 valence electrons. The van der Waals surface area contributed by atoms with Crippen LogP contribution in [0.5, 0.6) is 0 Å². The van der Waals surface area contributed by atoms with Gasteiger partial charge in [-0.15, -0.1) is 0 Å². The lowest BCUT2D eigenvalue weighted by molar-refractivity contribution is -0.133. The monoisotopic (exact) mass is 437 g/mol. The summed E-state index contributed by atoms with van der Waals surface area (Å²) < 4.78 is 1.11. The fourth-order valence-electron chi connectivity index (χ4n) is 3.50. The number of likely N-dealkylation sites (tertiary alicyclic amines) is 1. The molecule has 1 unspecified atom stereocenters. The summed E-state index contributed by atoms with van der Waals surface area (Å²) in [5, 5.41) is 3.44. The molecule has 6 nitrogen and oxygen atoms in total. The van der Waals surface area contributed by atoms with Gasteiger partial charge in [0.05, 0.1) is 6.04 Å². The van der Waals surface area contributed by atoms with Gasteiger partial charge in [-0.05, 0) is 37.4 Å². The number of nitrogens with one attached hydrogen (secondary N) is 1. The molecule has 27 heavy (non-hydrogen) atoms. The second-order valence-corrected chi connectivity index (χ2v) is 8.06. The molecule has 1 atom stereocenters. The van der Waals surface area contributed by atoms with Crippen molar-refractivity contribution in [3.63, 3.8) is 0 Å². The van der Waals surface area contributed by atoms with Crippen molar-refractivity contribution >= 4 is 27.8 Å². The van der Waals surface area contributed by atoms with Crippen LogP contribution in [0.25, 0.3) is 0 Å². The van der Waals surface area contributed by atoms with Crippen LogP contribution in [0.4, 0.5) is 0 Å². The highest BCUT2D eigenvalue weighted by atomic mass is 79.9. The van der Waals surface area contributed by atoms with Crippen LogP contribution >= 0.6 is 15.9 Å². The van der Waals surface area contributed by atoms with Crippen LogP contribution in [0.3, 0.4) is 0 Å². The van der Waals surface area contributed by atoms with Crippen molar-refractivity contribution in [2.45, 2.75) is 31.8 Å². The number of guanidine groups is 1. The Morgan fingerprint density at radius 1 is 1.33 bits per heavy atom. The number of benzene rings is 1. The van der Waals surface area contributed by atoms with Gasteiger partial charge in [-0.2, -0.15) is 0 Å².